The van der Waals surface area contributed by atoms with E-state index < -0.39 is 12.1 Å². The number of benzene rings is 1. The molecule has 0 spiro atoms. The van der Waals surface area contributed by atoms with Crippen LogP contribution in [0.2, 0.25) is 0 Å². The lowest BCUT2D eigenvalue weighted by Gasteiger charge is -2.27. The largest absolute Gasteiger partial charge is 0.343 e. The molecule has 1 saturated heterocycles. The Hall–Kier alpha value is -1.49. The van der Waals surface area contributed by atoms with Crippen LogP contribution in [0.5, 0.6) is 0 Å². The van der Waals surface area contributed by atoms with Crippen molar-refractivity contribution in [3.05, 3.63) is 35.9 Å². The van der Waals surface area contributed by atoms with Gasteiger partial charge in [-0.25, -0.2) is 0 Å². The smallest absolute Gasteiger partial charge is 0.244 e. The van der Waals surface area contributed by atoms with Gasteiger partial charge in [-0.15, -0.1) is 0 Å². The third-order valence-corrected chi connectivity index (χ3v) is 3.89. The monoisotopic (exact) mass is 264 g/mol. The molecule has 2 amide bonds. The van der Waals surface area contributed by atoms with Gasteiger partial charge in [0.15, 0.2) is 0 Å². The predicted molar refractivity (Wildman–Crippen MR) is 72.1 cm³/mol. The molecule has 1 heterocycles. The summed E-state index contributed by atoms with van der Waals surface area (Å²) in [6.07, 6.45) is 0. The molecule has 96 valence electrons. The molecule has 1 aromatic rings. The van der Waals surface area contributed by atoms with Gasteiger partial charge in [0.2, 0.25) is 11.8 Å². The average Bonchev–Trinajstić information content (AvgIpc) is 2.37. The zero-order valence-electron chi connectivity index (χ0n) is 10.2. The van der Waals surface area contributed by atoms with Gasteiger partial charge >= 0.3 is 0 Å². The summed E-state index contributed by atoms with van der Waals surface area (Å²) in [5, 5.41) is 5.39. The SMILES string of the molecule is C[C@@H]1NC(=O)[C@H](CSCc2ccccc2)NC1=O. The van der Waals surface area contributed by atoms with E-state index in [4.69, 9.17) is 0 Å². The fourth-order valence-electron chi connectivity index (χ4n) is 1.73. The Morgan fingerprint density at radius 3 is 2.56 bits per heavy atom. The zero-order valence-corrected chi connectivity index (χ0v) is 11.0. The molecular formula is C13H16N2O2S. The first-order chi connectivity index (χ1) is 8.66. The summed E-state index contributed by atoms with van der Waals surface area (Å²) in [5.41, 5.74) is 1.22. The van der Waals surface area contributed by atoms with E-state index in [0.29, 0.717) is 5.75 Å². The van der Waals surface area contributed by atoms with E-state index in [1.165, 1.54) is 5.56 Å². The Kier molecular flexibility index (Phi) is 4.25. The highest BCUT2D eigenvalue weighted by Gasteiger charge is 2.30. The maximum absolute atomic E-state index is 11.7. The van der Waals surface area contributed by atoms with Gasteiger partial charge in [-0.2, -0.15) is 11.8 Å². The molecule has 0 bridgehead atoms. The van der Waals surface area contributed by atoms with Crippen molar-refractivity contribution in [2.45, 2.75) is 24.8 Å². The van der Waals surface area contributed by atoms with Gasteiger partial charge in [0, 0.05) is 11.5 Å². The number of piperazine rings is 1. The van der Waals surface area contributed by atoms with Gasteiger partial charge in [0.05, 0.1) is 0 Å². The highest BCUT2D eigenvalue weighted by atomic mass is 32.2. The third kappa shape index (κ3) is 3.26. The molecule has 2 N–H and O–H groups in total. The van der Waals surface area contributed by atoms with E-state index in [1.54, 1.807) is 18.7 Å². The van der Waals surface area contributed by atoms with Gasteiger partial charge < -0.3 is 10.6 Å². The van der Waals surface area contributed by atoms with Crippen molar-refractivity contribution >= 4 is 23.6 Å². The minimum Gasteiger partial charge on any atom is -0.343 e. The van der Waals surface area contributed by atoms with Crippen LogP contribution in [0.3, 0.4) is 0 Å². The Bertz CT molecular complexity index is 436. The van der Waals surface area contributed by atoms with Gasteiger partial charge in [0.25, 0.3) is 0 Å². The van der Waals surface area contributed by atoms with Crippen LogP contribution < -0.4 is 10.6 Å². The summed E-state index contributed by atoms with van der Waals surface area (Å²) in [6.45, 7) is 1.68. The van der Waals surface area contributed by atoms with Gasteiger partial charge in [-0.3, -0.25) is 9.59 Å². The molecule has 4 nitrogen and oxygen atoms in total. The van der Waals surface area contributed by atoms with Gasteiger partial charge in [-0.1, -0.05) is 30.3 Å². The lowest BCUT2D eigenvalue weighted by Crippen LogP contribution is -2.61. The lowest BCUT2D eigenvalue weighted by atomic mass is 10.2. The van der Waals surface area contributed by atoms with Crippen molar-refractivity contribution in [3.8, 4) is 0 Å². The summed E-state index contributed by atoms with van der Waals surface area (Å²) >= 11 is 1.64. The first kappa shape index (κ1) is 13.0. The molecule has 0 aliphatic carbocycles. The predicted octanol–water partition coefficient (Wildman–Crippen LogP) is 0.923. The quantitative estimate of drug-likeness (QED) is 0.850. The fraction of sp³-hybridized carbons (Fsp3) is 0.385. The molecule has 1 fully saturated rings. The second-order valence-corrected chi connectivity index (χ2v) is 5.32. The number of carbonyl (C=O) groups excluding carboxylic acids is 2. The van der Waals surface area contributed by atoms with E-state index >= 15 is 0 Å². The van der Waals surface area contributed by atoms with Crippen LogP contribution >= 0.6 is 11.8 Å². The fourth-order valence-corrected chi connectivity index (χ4v) is 2.74. The maximum Gasteiger partial charge on any atom is 0.244 e. The molecule has 1 aromatic carbocycles. The Morgan fingerprint density at radius 1 is 1.11 bits per heavy atom. The Morgan fingerprint density at radius 2 is 1.83 bits per heavy atom. The average molecular weight is 264 g/mol. The van der Waals surface area contributed by atoms with Crippen LogP contribution in [-0.2, 0) is 15.3 Å². The minimum atomic E-state index is -0.423. The normalized spacial score (nSPS) is 23.4. The number of amides is 2. The standard InChI is InChI=1S/C13H16N2O2S/c1-9-12(16)15-11(13(17)14-9)8-18-7-10-5-3-2-4-6-10/h2-6,9,11H,7-8H2,1H3,(H,14,17)(H,15,16)/t9-,11-/m0/s1. The molecular weight excluding hydrogens is 248 g/mol. The summed E-state index contributed by atoms with van der Waals surface area (Å²) in [4.78, 5) is 23.1. The molecule has 2 rings (SSSR count). The highest BCUT2D eigenvalue weighted by Crippen LogP contribution is 2.13. The molecule has 0 saturated carbocycles. The molecule has 5 heteroatoms. The van der Waals surface area contributed by atoms with E-state index in [0.717, 1.165) is 5.75 Å². The third-order valence-electron chi connectivity index (χ3n) is 2.78. The molecule has 0 unspecified atom stereocenters. The van der Waals surface area contributed by atoms with Crippen LogP contribution in [0, 0.1) is 0 Å². The Balaban J connectivity index is 1.80. The summed E-state index contributed by atoms with van der Waals surface area (Å²) < 4.78 is 0. The second kappa shape index (κ2) is 5.91. The summed E-state index contributed by atoms with van der Waals surface area (Å²) in [5.74, 6) is 1.23. The van der Waals surface area contributed by atoms with E-state index in [2.05, 4.69) is 22.8 Å². The lowest BCUT2D eigenvalue weighted by molar-refractivity contribution is -0.135. The van der Waals surface area contributed by atoms with Crippen molar-refractivity contribution in [1.29, 1.82) is 0 Å². The van der Waals surface area contributed by atoms with Crippen molar-refractivity contribution < 1.29 is 9.59 Å². The minimum absolute atomic E-state index is 0.0948. The number of carbonyl (C=O) groups is 2. The van der Waals surface area contributed by atoms with Crippen LogP contribution in [-0.4, -0.2) is 29.7 Å². The molecule has 18 heavy (non-hydrogen) atoms. The number of thioether (sulfide) groups is 1. The molecule has 1 aliphatic rings. The first-order valence-corrected chi connectivity index (χ1v) is 7.04. The van der Waals surface area contributed by atoms with Crippen LogP contribution in [0.1, 0.15) is 12.5 Å². The number of rotatable bonds is 4. The zero-order chi connectivity index (χ0) is 13.0. The number of nitrogens with one attached hydrogen (secondary N) is 2. The van der Waals surface area contributed by atoms with Crippen molar-refractivity contribution in [3.63, 3.8) is 0 Å². The maximum atomic E-state index is 11.7. The number of hydrogen-bond donors (Lipinski definition) is 2. The van der Waals surface area contributed by atoms with Crippen LogP contribution in [0.4, 0.5) is 0 Å². The van der Waals surface area contributed by atoms with Crippen LogP contribution in [0.25, 0.3) is 0 Å². The van der Waals surface area contributed by atoms with Crippen molar-refractivity contribution in [1.82, 2.24) is 10.6 Å². The van der Waals surface area contributed by atoms with Crippen LogP contribution in [0.15, 0.2) is 30.3 Å². The van der Waals surface area contributed by atoms with Gasteiger partial charge in [-0.05, 0) is 12.5 Å². The van der Waals surface area contributed by atoms with Crippen molar-refractivity contribution in [2.75, 3.05) is 5.75 Å². The van der Waals surface area contributed by atoms with E-state index in [1.807, 2.05) is 18.2 Å². The molecule has 1 aliphatic heterocycles. The Labute approximate surface area is 111 Å². The van der Waals surface area contributed by atoms with Crippen molar-refractivity contribution in [2.24, 2.45) is 0 Å². The molecule has 2 atom stereocenters. The first-order valence-electron chi connectivity index (χ1n) is 5.89. The molecule has 0 radical (unpaired) electrons. The van der Waals surface area contributed by atoms with E-state index in [-0.39, 0.29) is 11.8 Å². The number of hydrogen-bond acceptors (Lipinski definition) is 3. The highest BCUT2D eigenvalue weighted by molar-refractivity contribution is 7.98. The second-order valence-electron chi connectivity index (χ2n) is 4.29. The van der Waals surface area contributed by atoms with Gasteiger partial charge in [0.1, 0.15) is 12.1 Å². The van der Waals surface area contributed by atoms with E-state index in [9.17, 15) is 9.59 Å². The molecule has 0 aromatic heterocycles. The topological polar surface area (TPSA) is 58.2 Å². The summed E-state index contributed by atoms with van der Waals surface area (Å²) in [7, 11) is 0. The summed E-state index contributed by atoms with van der Waals surface area (Å²) in [6, 6.07) is 9.22.